The molecule has 0 spiro atoms. The molecule has 0 saturated heterocycles. The lowest BCUT2D eigenvalue weighted by Crippen LogP contribution is -2.38. The number of hydrogen-bond donors (Lipinski definition) is 1. The van der Waals surface area contributed by atoms with Gasteiger partial charge in [-0.25, -0.2) is 4.39 Å². The van der Waals surface area contributed by atoms with Crippen LogP contribution in [0.3, 0.4) is 0 Å². The summed E-state index contributed by atoms with van der Waals surface area (Å²) < 4.78 is 13.6. The van der Waals surface area contributed by atoms with Gasteiger partial charge in [-0.1, -0.05) is 0 Å². The molecule has 0 bridgehead atoms. The van der Waals surface area contributed by atoms with Crippen molar-refractivity contribution in [2.45, 2.75) is 6.92 Å². The fourth-order valence-electron chi connectivity index (χ4n) is 1.54. The van der Waals surface area contributed by atoms with E-state index >= 15 is 0 Å². The maximum Gasteiger partial charge on any atom is 0.270 e. The molecular weight excluding hydrogens is 269 g/mol. The number of carbonyl (C=O) groups excluding carboxylic acids is 2. The van der Waals surface area contributed by atoms with E-state index in [9.17, 15) is 24.1 Å². The molecule has 0 aliphatic heterocycles. The summed E-state index contributed by atoms with van der Waals surface area (Å²) in [6.45, 7) is 1.88. The van der Waals surface area contributed by atoms with Crippen LogP contribution in [0.4, 0.5) is 10.1 Å². The van der Waals surface area contributed by atoms with Crippen LogP contribution in [-0.2, 0) is 4.79 Å². The topological polar surface area (TPSA) is 92.6 Å². The van der Waals surface area contributed by atoms with Crippen molar-refractivity contribution >= 4 is 17.5 Å². The van der Waals surface area contributed by atoms with E-state index in [0.29, 0.717) is 6.54 Å². The van der Waals surface area contributed by atoms with Gasteiger partial charge in [-0.15, -0.1) is 0 Å². The number of nitro benzene ring substituents is 1. The fourth-order valence-corrected chi connectivity index (χ4v) is 1.54. The zero-order valence-corrected chi connectivity index (χ0v) is 11.1. The van der Waals surface area contributed by atoms with Gasteiger partial charge in [-0.3, -0.25) is 19.7 Å². The van der Waals surface area contributed by atoms with Crippen molar-refractivity contribution in [2.75, 3.05) is 20.1 Å². The number of hydrogen-bond acceptors (Lipinski definition) is 4. The third-order valence-electron chi connectivity index (χ3n) is 2.49. The molecule has 8 heteroatoms. The Hall–Kier alpha value is -2.51. The number of likely N-dealkylation sites (N-methyl/N-ethyl adjacent to an activating group) is 2. The lowest BCUT2D eigenvalue weighted by Gasteiger charge is -2.16. The van der Waals surface area contributed by atoms with Crippen LogP contribution in [0.1, 0.15) is 17.3 Å². The Bertz CT molecular complexity index is 548. The zero-order valence-electron chi connectivity index (χ0n) is 11.1. The van der Waals surface area contributed by atoms with Crippen molar-refractivity contribution in [3.63, 3.8) is 0 Å². The van der Waals surface area contributed by atoms with Crippen LogP contribution in [-0.4, -0.2) is 41.8 Å². The summed E-state index contributed by atoms with van der Waals surface area (Å²) in [5.41, 5.74) is -0.827. The Labute approximate surface area is 114 Å². The van der Waals surface area contributed by atoms with Crippen molar-refractivity contribution in [1.82, 2.24) is 10.2 Å². The Morgan fingerprint density at radius 2 is 2.10 bits per heavy atom. The van der Waals surface area contributed by atoms with E-state index in [-0.39, 0.29) is 12.2 Å². The Kier molecular flexibility index (Phi) is 5.13. The highest BCUT2D eigenvalue weighted by molar-refractivity contribution is 5.97. The van der Waals surface area contributed by atoms with Crippen LogP contribution in [0.25, 0.3) is 0 Å². The van der Waals surface area contributed by atoms with Gasteiger partial charge in [0, 0.05) is 25.7 Å². The molecular formula is C12H14FN3O4. The first-order chi connectivity index (χ1) is 9.36. The van der Waals surface area contributed by atoms with Crippen molar-refractivity contribution in [3.8, 4) is 0 Å². The van der Waals surface area contributed by atoms with Gasteiger partial charge in [0.25, 0.3) is 11.6 Å². The highest BCUT2D eigenvalue weighted by Crippen LogP contribution is 2.18. The minimum absolute atomic E-state index is 0.255. The number of non-ortho nitro benzene ring substituents is 1. The maximum atomic E-state index is 13.6. The predicted molar refractivity (Wildman–Crippen MR) is 68.7 cm³/mol. The molecule has 1 rings (SSSR count). The number of carbonyl (C=O) groups is 2. The molecule has 7 nitrogen and oxygen atoms in total. The molecule has 0 heterocycles. The van der Waals surface area contributed by atoms with E-state index in [2.05, 4.69) is 5.32 Å². The van der Waals surface area contributed by atoms with Gasteiger partial charge in [0.1, 0.15) is 5.82 Å². The first-order valence-electron chi connectivity index (χ1n) is 5.83. The van der Waals surface area contributed by atoms with Crippen molar-refractivity contribution in [1.29, 1.82) is 0 Å². The molecule has 0 aliphatic rings. The summed E-state index contributed by atoms with van der Waals surface area (Å²) in [7, 11) is 1.32. The SMILES string of the molecule is CCNC(=O)CN(C)C(=O)c1cc([N+](=O)[O-])ccc1F. The quantitative estimate of drug-likeness (QED) is 0.643. The number of amides is 2. The first-order valence-corrected chi connectivity index (χ1v) is 5.83. The van der Waals surface area contributed by atoms with Crippen LogP contribution >= 0.6 is 0 Å². The fraction of sp³-hybridized carbons (Fsp3) is 0.333. The van der Waals surface area contributed by atoms with Gasteiger partial charge in [-0.2, -0.15) is 0 Å². The summed E-state index contributed by atoms with van der Waals surface area (Å²) in [5, 5.41) is 13.1. The molecule has 1 aromatic carbocycles. The molecule has 0 unspecified atom stereocenters. The second-order valence-electron chi connectivity index (χ2n) is 4.04. The van der Waals surface area contributed by atoms with E-state index in [1.54, 1.807) is 6.92 Å². The Morgan fingerprint density at radius 1 is 1.45 bits per heavy atom. The molecule has 0 saturated carbocycles. The van der Waals surface area contributed by atoms with Gasteiger partial charge in [0.05, 0.1) is 17.0 Å². The molecule has 20 heavy (non-hydrogen) atoms. The number of benzene rings is 1. The Balaban J connectivity index is 2.93. The smallest absolute Gasteiger partial charge is 0.270 e. The standard InChI is InChI=1S/C12H14FN3O4/c1-3-14-11(17)7-15(2)12(18)9-6-8(16(19)20)4-5-10(9)13/h4-6H,3,7H2,1-2H3,(H,14,17). The monoisotopic (exact) mass is 283 g/mol. The molecule has 0 atom stereocenters. The molecule has 0 aromatic heterocycles. The lowest BCUT2D eigenvalue weighted by atomic mass is 10.1. The van der Waals surface area contributed by atoms with Crippen LogP contribution in [0.15, 0.2) is 18.2 Å². The van der Waals surface area contributed by atoms with Gasteiger partial charge in [0.2, 0.25) is 5.91 Å². The van der Waals surface area contributed by atoms with E-state index < -0.39 is 28.1 Å². The average Bonchev–Trinajstić information content (AvgIpc) is 2.38. The molecule has 0 fully saturated rings. The number of halogens is 1. The lowest BCUT2D eigenvalue weighted by molar-refractivity contribution is -0.384. The zero-order chi connectivity index (χ0) is 15.3. The van der Waals surface area contributed by atoms with Crippen LogP contribution in [0.2, 0.25) is 0 Å². The van der Waals surface area contributed by atoms with Gasteiger partial charge in [0.15, 0.2) is 0 Å². The van der Waals surface area contributed by atoms with E-state index in [1.807, 2.05) is 0 Å². The number of rotatable bonds is 5. The summed E-state index contributed by atoms with van der Waals surface area (Å²) in [6.07, 6.45) is 0. The largest absolute Gasteiger partial charge is 0.355 e. The minimum Gasteiger partial charge on any atom is -0.355 e. The summed E-state index contributed by atoms with van der Waals surface area (Å²) in [6, 6.07) is 2.67. The molecule has 1 aromatic rings. The van der Waals surface area contributed by atoms with Crippen LogP contribution in [0.5, 0.6) is 0 Å². The van der Waals surface area contributed by atoms with Crippen LogP contribution in [0, 0.1) is 15.9 Å². The normalized spacial score (nSPS) is 9.95. The van der Waals surface area contributed by atoms with E-state index in [0.717, 1.165) is 23.1 Å². The summed E-state index contributed by atoms with van der Waals surface area (Å²) in [4.78, 5) is 34.2. The highest BCUT2D eigenvalue weighted by atomic mass is 19.1. The Morgan fingerprint density at radius 3 is 2.65 bits per heavy atom. The predicted octanol–water partition coefficient (Wildman–Crippen LogP) is 0.942. The molecule has 1 N–H and O–H groups in total. The highest BCUT2D eigenvalue weighted by Gasteiger charge is 2.21. The van der Waals surface area contributed by atoms with Gasteiger partial charge in [-0.05, 0) is 13.0 Å². The van der Waals surface area contributed by atoms with Crippen molar-refractivity contribution in [3.05, 3.63) is 39.7 Å². The van der Waals surface area contributed by atoms with E-state index in [4.69, 9.17) is 0 Å². The summed E-state index contributed by atoms with van der Waals surface area (Å²) in [5.74, 6) is -2.06. The third kappa shape index (κ3) is 3.74. The van der Waals surface area contributed by atoms with Crippen LogP contribution < -0.4 is 5.32 Å². The maximum absolute atomic E-state index is 13.6. The van der Waals surface area contributed by atoms with Gasteiger partial charge >= 0.3 is 0 Å². The third-order valence-corrected chi connectivity index (χ3v) is 2.49. The second-order valence-corrected chi connectivity index (χ2v) is 4.04. The molecule has 2 amide bonds. The minimum atomic E-state index is -0.872. The molecule has 108 valence electrons. The second kappa shape index (κ2) is 6.60. The number of nitro groups is 1. The average molecular weight is 283 g/mol. The molecule has 0 aliphatic carbocycles. The van der Waals surface area contributed by atoms with Gasteiger partial charge < -0.3 is 10.2 Å². The summed E-state index contributed by atoms with van der Waals surface area (Å²) >= 11 is 0. The first kappa shape index (κ1) is 15.5. The van der Waals surface area contributed by atoms with Crippen molar-refractivity contribution < 1.29 is 18.9 Å². The number of nitrogens with zero attached hydrogens (tertiary/aromatic N) is 2. The van der Waals surface area contributed by atoms with Crippen molar-refractivity contribution in [2.24, 2.45) is 0 Å². The molecule has 0 radical (unpaired) electrons. The van der Waals surface area contributed by atoms with E-state index in [1.165, 1.54) is 7.05 Å². The number of nitrogens with one attached hydrogen (secondary N) is 1.